The summed E-state index contributed by atoms with van der Waals surface area (Å²) in [6, 6.07) is 2.72. The average Bonchev–Trinajstić information content (AvgIpc) is 3.22. The third kappa shape index (κ3) is 4.51. The lowest BCUT2D eigenvalue weighted by atomic mass is 10.0. The Kier molecular flexibility index (Phi) is 6.65. The number of nitrogens with zero attached hydrogens (tertiary/aromatic N) is 1. The summed E-state index contributed by atoms with van der Waals surface area (Å²) in [5.41, 5.74) is 0.657. The molecule has 1 heterocycles. The molecule has 1 aromatic rings. The first-order valence-corrected chi connectivity index (χ1v) is 9.97. The van der Waals surface area contributed by atoms with Crippen LogP contribution in [0.15, 0.2) is 12.1 Å². The minimum atomic E-state index is -0.511. The summed E-state index contributed by atoms with van der Waals surface area (Å²) in [7, 11) is 2.89. The third-order valence-corrected chi connectivity index (χ3v) is 5.58. The highest BCUT2D eigenvalue weighted by Crippen LogP contribution is 2.37. The van der Waals surface area contributed by atoms with E-state index in [1.807, 2.05) is 0 Å². The first kappa shape index (κ1) is 20.3. The van der Waals surface area contributed by atoms with E-state index in [0.29, 0.717) is 18.5 Å². The van der Waals surface area contributed by atoms with Crippen LogP contribution in [0.3, 0.4) is 0 Å². The summed E-state index contributed by atoms with van der Waals surface area (Å²) in [5, 5.41) is 10.0. The van der Waals surface area contributed by atoms with Gasteiger partial charge in [0.05, 0.1) is 20.6 Å². The molecule has 0 bridgehead atoms. The monoisotopic (exact) mass is 391 g/mol. The number of rotatable bonds is 6. The molecule has 1 aromatic carbocycles. The van der Waals surface area contributed by atoms with E-state index >= 15 is 0 Å². The number of phenols is 1. The molecule has 1 saturated carbocycles. The fraction of sp³-hybridized carbons (Fsp3) is 0.619. The molecule has 3 rings (SSSR count). The van der Waals surface area contributed by atoms with Crippen molar-refractivity contribution in [3.63, 3.8) is 0 Å². The number of carbonyl (C=O) groups excluding carboxylic acids is 2. The predicted octanol–water partition coefficient (Wildman–Crippen LogP) is 2.82. The Balaban J connectivity index is 1.71. The molecule has 7 nitrogen and oxygen atoms in total. The topological polar surface area (TPSA) is 85.3 Å². The summed E-state index contributed by atoms with van der Waals surface area (Å²) < 4.78 is 16.0. The lowest BCUT2D eigenvalue weighted by molar-refractivity contribution is -0.161. The van der Waals surface area contributed by atoms with E-state index < -0.39 is 6.04 Å². The van der Waals surface area contributed by atoms with Crippen LogP contribution in [0.1, 0.15) is 50.5 Å². The molecule has 0 spiro atoms. The number of phenolic OH excluding ortho intramolecular Hbond substituents is 1. The molecule has 1 N–H and O–H groups in total. The zero-order valence-corrected chi connectivity index (χ0v) is 16.6. The smallest absolute Gasteiger partial charge is 0.329 e. The SMILES string of the molecule is COc1cc(CC(=O)N2CCCCC2C(=O)OC2CCCC2)cc(OC)c1O. The lowest BCUT2D eigenvalue weighted by Gasteiger charge is -2.34. The van der Waals surface area contributed by atoms with Gasteiger partial charge in [-0.3, -0.25) is 4.79 Å². The van der Waals surface area contributed by atoms with Gasteiger partial charge in [0.1, 0.15) is 12.1 Å². The van der Waals surface area contributed by atoms with Crippen molar-refractivity contribution >= 4 is 11.9 Å². The second-order valence-electron chi connectivity index (χ2n) is 7.47. The van der Waals surface area contributed by atoms with Gasteiger partial charge in [0.2, 0.25) is 11.7 Å². The largest absolute Gasteiger partial charge is 0.502 e. The van der Waals surface area contributed by atoms with Gasteiger partial charge in [-0.05, 0) is 62.6 Å². The molecule has 1 unspecified atom stereocenters. The molecule has 1 amide bonds. The number of hydrogen-bond donors (Lipinski definition) is 1. The number of amides is 1. The number of piperidine rings is 1. The molecule has 0 aromatic heterocycles. The number of methoxy groups -OCH3 is 2. The third-order valence-electron chi connectivity index (χ3n) is 5.58. The van der Waals surface area contributed by atoms with Gasteiger partial charge in [-0.1, -0.05) is 0 Å². The Labute approximate surface area is 165 Å². The fourth-order valence-corrected chi connectivity index (χ4v) is 4.05. The first-order valence-electron chi connectivity index (χ1n) is 9.97. The normalized spacial score (nSPS) is 20.1. The van der Waals surface area contributed by atoms with Crippen molar-refractivity contribution < 1.29 is 28.9 Å². The highest BCUT2D eigenvalue weighted by molar-refractivity contribution is 5.86. The highest BCUT2D eigenvalue weighted by atomic mass is 16.5. The van der Waals surface area contributed by atoms with Gasteiger partial charge in [0, 0.05) is 6.54 Å². The van der Waals surface area contributed by atoms with Gasteiger partial charge in [0.15, 0.2) is 11.5 Å². The Morgan fingerprint density at radius 1 is 1.04 bits per heavy atom. The standard InChI is InChI=1S/C21H29NO6/c1-26-17-11-14(12-18(27-2)20(17)24)13-19(23)22-10-6-5-9-16(22)21(25)28-15-7-3-4-8-15/h11-12,15-16,24H,3-10,13H2,1-2H3. The second kappa shape index (κ2) is 9.17. The van der Waals surface area contributed by atoms with Crippen LogP contribution in [0, 0.1) is 0 Å². The molecule has 1 saturated heterocycles. The molecule has 0 radical (unpaired) electrons. The minimum absolute atomic E-state index is 0.00278. The maximum absolute atomic E-state index is 13.0. The maximum Gasteiger partial charge on any atom is 0.329 e. The Morgan fingerprint density at radius 3 is 2.25 bits per heavy atom. The van der Waals surface area contributed by atoms with Crippen molar-refractivity contribution in [1.82, 2.24) is 4.90 Å². The Hall–Kier alpha value is -2.44. The Morgan fingerprint density at radius 2 is 1.64 bits per heavy atom. The zero-order valence-electron chi connectivity index (χ0n) is 16.6. The molecule has 1 aliphatic carbocycles. The van der Waals surface area contributed by atoms with Crippen LogP contribution < -0.4 is 9.47 Å². The van der Waals surface area contributed by atoms with Crippen LogP contribution in [0.25, 0.3) is 0 Å². The number of likely N-dealkylation sites (tertiary alicyclic amines) is 1. The molecule has 1 atom stereocenters. The molecule has 28 heavy (non-hydrogen) atoms. The lowest BCUT2D eigenvalue weighted by Crippen LogP contribution is -2.49. The number of ether oxygens (including phenoxy) is 3. The number of esters is 1. The van der Waals surface area contributed by atoms with Crippen molar-refractivity contribution in [2.75, 3.05) is 20.8 Å². The maximum atomic E-state index is 13.0. The number of hydrogen-bond acceptors (Lipinski definition) is 6. The molecule has 7 heteroatoms. The fourth-order valence-electron chi connectivity index (χ4n) is 4.05. The Bertz CT molecular complexity index is 688. The van der Waals surface area contributed by atoms with Crippen LogP contribution in [-0.4, -0.2) is 54.8 Å². The van der Waals surface area contributed by atoms with E-state index in [4.69, 9.17) is 14.2 Å². The van der Waals surface area contributed by atoms with Crippen molar-refractivity contribution in [1.29, 1.82) is 0 Å². The molecule has 2 fully saturated rings. The van der Waals surface area contributed by atoms with Crippen molar-refractivity contribution in [2.24, 2.45) is 0 Å². The van der Waals surface area contributed by atoms with E-state index in [0.717, 1.165) is 38.5 Å². The summed E-state index contributed by atoms with van der Waals surface area (Å²) in [4.78, 5) is 27.3. The van der Waals surface area contributed by atoms with Gasteiger partial charge < -0.3 is 24.2 Å². The van der Waals surface area contributed by atoms with Gasteiger partial charge >= 0.3 is 5.97 Å². The van der Waals surface area contributed by atoms with E-state index in [9.17, 15) is 14.7 Å². The first-order chi connectivity index (χ1) is 13.5. The van der Waals surface area contributed by atoms with E-state index in [1.54, 1.807) is 17.0 Å². The van der Waals surface area contributed by atoms with Crippen molar-refractivity contribution in [3.8, 4) is 17.2 Å². The molecule has 2 aliphatic rings. The van der Waals surface area contributed by atoms with Crippen LogP contribution in [-0.2, 0) is 20.7 Å². The van der Waals surface area contributed by atoms with Crippen molar-refractivity contribution in [2.45, 2.75) is 63.5 Å². The predicted molar refractivity (Wildman–Crippen MR) is 103 cm³/mol. The number of aromatic hydroxyl groups is 1. The molecular formula is C21H29NO6. The number of carbonyl (C=O) groups is 2. The van der Waals surface area contributed by atoms with Gasteiger partial charge in [-0.2, -0.15) is 0 Å². The van der Waals surface area contributed by atoms with Crippen LogP contribution in [0.2, 0.25) is 0 Å². The van der Waals surface area contributed by atoms with E-state index in [2.05, 4.69) is 0 Å². The number of benzene rings is 1. The molecule has 1 aliphatic heterocycles. The van der Waals surface area contributed by atoms with Gasteiger partial charge in [-0.25, -0.2) is 4.79 Å². The second-order valence-corrected chi connectivity index (χ2v) is 7.47. The quantitative estimate of drug-likeness (QED) is 0.751. The van der Waals surface area contributed by atoms with Crippen molar-refractivity contribution in [3.05, 3.63) is 17.7 Å². The molecular weight excluding hydrogens is 362 g/mol. The van der Waals surface area contributed by atoms with Gasteiger partial charge in [0.25, 0.3) is 0 Å². The zero-order chi connectivity index (χ0) is 20.1. The van der Waals surface area contributed by atoms with Crippen LogP contribution in [0.4, 0.5) is 0 Å². The molecule has 154 valence electrons. The van der Waals surface area contributed by atoms with E-state index in [-0.39, 0.29) is 41.6 Å². The van der Waals surface area contributed by atoms with E-state index in [1.165, 1.54) is 14.2 Å². The van der Waals surface area contributed by atoms with Crippen LogP contribution >= 0.6 is 0 Å². The minimum Gasteiger partial charge on any atom is -0.502 e. The highest BCUT2D eigenvalue weighted by Gasteiger charge is 2.35. The summed E-state index contributed by atoms with van der Waals surface area (Å²) in [5.74, 6) is -0.0168. The van der Waals surface area contributed by atoms with Gasteiger partial charge in [-0.15, -0.1) is 0 Å². The summed E-state index contributed by atoms with van der Waals surface area (Å²) in [6.45, 7) is 0.551. The average molecular weight is 391 g/mol. The summed E-state index contributed by atoms with van der Waals surface area (Å²) >= 11 is 0. The van der Waals surface area contributed by atoms with Crippen LogP contribution in [0.5, 0.6) is 17.2 Å². The summed E-state index contributed by atoms with van der Waals surface area (Å²) in [6.07, 6.45) is 6.54.